The van der Waals surface area contributed by atoms with Crippen LogP contribution in [0.3, 0.4) is 0 Å². The van der Waals surface area contributed by atoms with Crippen molar-refractivity contribution in [1.29, 1.82) is 0 Å². The van der Waals surface area contributed by atoms with E-state index in [1.54, 1.807) is 12.1 Å². The van der Waals surface area contributed by atoms with Gasteiger partial charge in [-0.25, -0.2) is 4.39 Å². The van der Waals surface area contributed by atoms with Crippen molar-refractivity contribution in [3.8, 4) is 0 Å². The number of halogens is 1. The third-order valence-electron chi connectivity index (χ3n) is 3.16. The maximum absolute atomic E-state index is 12.7. The number of nitrogens with two attached hydrogens (primary N) is 1. The van der Waals surface area contributed by atoms with Gasteiger partial charge in [-0.3, -0.25) is 0 Å². The summed E-state index contributed by atoms with van der Waals surface area (Å²) in [6, 6.07) is 7.00. The van der Waals surface area contributed by atoms with Crippen LogP contribution in [-0.4, -0.2) is 7.05 Å². The molecular weight excluding hydrogens is 189 g/mol. The summed E-state index contributed by atoms with van der Waals surface area (Å²) in [7, 11) is 1.50. The lowest BCUT2D eigenvalue weighted by atomic mass is 9.90. The molecule has 1 nitrogen and oxygen atoms in total. The van der Waals surface area contributed by atoms with E-state index in [4.69, 9.17) is 0 Å². The molecule has 1 aliphatic carbocycles. The van der Waals surface area contributed by atoms with Gasteiger partial charge in [0.1, 0.15) is 5.82 Å². The second kappa shape index (κ2) is 5.86. The molecule has 1 saturated carbocycles. The summed E-state index contributed by atoms with van der Waals surface area (Å²) < 4.78 is 12.7. The molecule has 1 aromatic rings. The highest BCUT2D eigenvalue weighted by Crippen LogP contribution is 2.38. The zero-order chi connectivity index (χ0) is 11.3. The van der Waals surface area contributed by atoms with Crippen LogP contribution in [0, 0.1) is 11.7 Å². The van der Waals surface area contributed by atoms with Gasteiger partial charge in [-0.05, 0) is 43.0 Å². The van der Waals surface area contributed by atoms with E-state index < -0.39 is 0 Å². The number of hydrogen-bond donors (Lipinski definition) is 1. The van der Waals surface area contributed by atoms with Gasteiger partial charge in [-0.2, -0.15) is 0 Å². The summed E-state index contributed by atoms with van der Waals surface area (Å²) in [6.45, 7) is 2.29. The molecule has 2 N–H and O–H groups in total. The van der Waals surface area contributed by atoms with Gasteiger partial charge in [0.05, 0.1) is 0 Å². The van der Waals surface area contributed by atoms with Crippen LogP contribution < -0.4 is 5.73 Å². The van der Waals surface area contributed by atoms with Crippen molar-refractivity contribution in [2.24, 2.45) is 11.7 Å². The third kappa shape index (κ3) is 3.03. The molecule has 0 amide bonds. The fraction of sp³-hybridized carbons (Fsp3) is 0.538. The minimum Gasteiger partial charge on any atom is -0.333 e. The summed E-state index contributed by atoms with van der Waals surface area (Å²) in [6.07, 6.45) is 3.91. The van der Waals surface area contributed by atoms with Gasteiger partial charge in [0.2, 0.25) is 0 Å². The minimum absolute atomic E-state index is 0.130. The summed E-state index contributed by atoms with van der Waals surface area (Å²) in [5.74, 6) is 1.31. The van der Waals surface area contributed by atoms with Crippen molar-refractivity contribution >= 4 is 0 Å². The first-order chi connectivity index (χ1) is 7.27. The molecule has 0 radical (unpaired) electrons. The molecule has 0 bridgehead atoms. The normalized spacial score (nSPS) is 24.5. The second-order valence-corrected chi connectivity index (χ2v) is 4.07. The van der Waals surface area contributed by atoms with Crippen molar-refractivity contribution in [3.05, 3.63) is 35.6 Å². The summed E-state index contributed by atoms with van der Waals surface area (Å²) in [4.78, 5) is 0. The van der Waals surface area contributed by atoms with Gasteiger partial charge >= 0.3 is 0 Å². The Morgan fingerprint density at radius 2 is 1.73 bits per heavy atom. The molecule has 0 heterocycles. The van der Waals surface area contributed by atoms with Gasteiger partial charge < -0.3 is 5.73 Å². The summed E-state index contributed by atoms with van der Waals surface area (Å²) in [5, 5.41) is 0. The Morgan fingerprint density at radius 1 is 1.13 bits per heavy atom. The van der Waals surface area contributed by atoms with Crippen LogP contribution in [0.4, 0.5) is 4.39 Å². The highest BCUT2D eigenvalue weighted by Gasteiger charge is 2.24. The van der Waals surface area contributed by atoms with Crippen LogP contribution in [-0.2, 0) is 0 Å². The molecule has 0 unspecified atom stereocenters. The van der Waals surface area contributed by atoms with Crippen molar-refractivity contribution in [2.75, 3.05) is 7.05 Å². The molecule has 2 rings (SSSR count). The lowest BCUT2D eigenvalue weighted by Crippen LogP contribution is -2.01. The maximum atomic E-state index is 12.7. The fourth-order valence-electron chi connectivity index (χ4n) is 2.35. The first-order valence-electron chi connectivity index (χ1n) is 5.60. The minimum atomic E-state index is -0.130. The Labute approximate surface area is 91.5 Å². The number of hydrogen-bond acceptors (Lipinski definition) is 1. The largest absolute Gasteiger partial charge is 0.333 e. The lowest BCUT2D eigenvalue weighted by molar-refractivity contribution is 0.531. The Morgan fingerprint density at radius 3 is 2.20 bits per heavy atom. The Bertz CT molecular complexity index is 281. The first kappa shape index (κ1) is 12.2. The van der Waals surface area contributed by atoms with Crippen LogP contribution in [0.1, 0.15) is 37.7 Å². The van der Waals surface area contributed by atoms with Crippen LogP contribution in [0.2, 0.25) is 0 Å². The van der Waals surface area contributed by atoms with E-state index in [0.717, 1.165) is 5.92 Å². The average molecular weight is 209 g/mol. The molecule has 0 saturated heterocycles. The molecule has 2 heteroatoms. The van der Waals surface area contributed by atoms with E-state index in [-0.39, 0.29) is 5.82 Å². The van der Waals surface area contributed by atoms with Crippen molar-refractivity contribution < 1.29 is 4.39 Å². The molecule has 2 atom stereocenters. The number of rotatable bonds is 1. The van der Waals surface area contributed by atoms with Gasteiger partial charge in [0.15, 0.2) is 0 Å². The summed E-state index contributed by atoms with van der Waals surface area (Å²) >= 11 is 0. The smallest absolute Gasteiger partial charge is 0.123 e. The summed E-state index contributed by atoms with van der Waals surface area (Å²) in [5.41, 5.74) is 5.81. The standard InChI is InChI=1S/C12H15F.CH5N/c1-9-3-2-4-12(9)10-5-7-11(13)8-6-10;1-2/h5-9,12H,2-4H2,1H3;2H2,1H3/t9-,12-;/m1./s1. The van der Waals surface area contributed by atoms with Crippen LogP contribution in [0.5, 0.6) is 0 Å². The van der Waals surface area contributed by atoms with Crippen LogP contribution >= 0.6 is 0 Å². The molecule has 1 aromatic carbocycles. The zero-order valence-corrected chi connectivity index (χ0v) is 9.54. The van der Waals surface area contributed by atoms with E-state index in [1.807, 2.05) is 12.1 Å². The van der Waals surface area contributed by atoms with Crippen molar-refractivity contribution in [1.82, 2.24) is 0 Å². The van der Waals surface area contributed by atoms with E-state index in [1.165, 1.54) is 31.9 Å². The van der Waals surface area contributed by atoms with E-state index in [9.17, 15) is 4.39 Å². The molecule has 15 heavy (non-hydrogen) atoms. The lowest BCUT2D eigenvalue weighted by Gasteiger charge is -2.15. The predicted molar refractivity (Wildman–Crippen MR) is 62.3 cm³/mol. The van der Waals surface area contributed by atoms with E-state index >= 15 is 0 Å². The monoisotopic (exact) mass is 209 g/mol. The quantitative estimate of drug-likeness (QED) is 0.754. The SMILES string of the molecule is CN.C[C@@H]1CCC[C@H]1c1ccc(F)cc1. The van der Waals surface area contributed by atoms with Crippen LogP contribution in [0.15, 0.2) is 24.3 Å². The average Bonchev–Trinajstić information content (AvgIpc) is 2.69. The predicted octanol–water partition coefficient (Wildman–Crippen LogP) is 3.30. The third-order valence-corrected chi connectivity index (χ3v) is 3.16. The fourth-order valence-corrected chi connectivity index (χ4v) is 2.35. The van der Waals surface area contributed by atoms with Crippen molar-refractivity contribution in [2.45, 2.75) is 32.1 Å². The van der Waals surface area contributed by atoms with Crippen molar-refractivity contribution in [3.63, 3.8) is 0 Å². The molecule has 1 aliphatic rings. The molecular formula is C13H20FN. The molecule has 0 aromatic heterocycles. The van der Waals surface area contributed by atoms with E-state index in [0.29, 0.717) is 5.92 Å². The Balaban J connectivity index is 0.000000531. The highest BCUT2D eigenvalue weighted by atomic mass is 19.1. The van der Waals surface area contributed by atoms with Crippen LogP contribution in [0.25, 0.3) is 0 Å². The van der Waals surface area contributed by atoms with Gasteiger partial charge in [0, 0.05) is 0 Å². The molecule has 0 spiro atoms. The molecule has 84 valence electrons. The Hall–Kier alpha value is -0.890. The first-order valence-corrected chi connectivity index (χ1v) is 5.60. The maximum Gasteiger partial charge on any atom is 0.123 e. The second-order valence-electron chi connectivity index (χ2n) is 4.07. The topological polar surface area (TPSA) is 26.0 Å². The highest BCUT2D eigenvalue weighted by molar-refractivity contribution is 5.21. The van der Waals surface area contributed by atoms with Gasteiger partial charge in [-0.15, -0.1) is 0 Å². The molecule has 1 fully saturated rings. The Kier molecular flexibility index (Phi) is 4.76. The van der Waals surface area contributed by atoms with E-state index in [2.05, 4.69) is 12.7 Å². The van der Waals surface area contributed by atoms with Gasteiger partial charge in [-0.1, -0.05) is 31.9 Å². The zero-order valence-electron chi connectivity index (χ0n) is 9.54. The molecule has 0 aliphatic heterocycles. The number of benzene rings is 1. The van der Waals surface area contributed by atoms with Gasteiger partial charge in [0.25, 0.3) is 0 Å².